The summed E-state index contributed by atoms with van der Waals surface area (Å²) in [5, 5.41) is 0. The lowest BCUT2D eigenvalue weighted by atomic mass is 9.66. The van der Waals surface area contributed by atoms with E-state index in [2.05, 4.69) is 27.7 Å². The van der Waals surface area contributed by atoms with Gasteiger partial charge in [-0.3, -0.25) is 0 Å². The Bertz CT molecular complexity index is 188. The summed E-state index contributed by atoms with van der Waals surface area (Å²) in [6.45, 7) is 9.71. The summed E-state index contributed by atoms with van der Waals surface area (Å²) >= 11 is 0. The first-order valence-corrected chi connectivity index (χ1v) is 6.09. The minimum absolute atomic E-state index is 0.784. The van der Waals surface area contributed by atoms with Gasteiger partial charge in [0, 0.05) is 0 Å². The van der Waals surface area contributed by atoms with Crippen molar-refractivity contribution in [2.45, 2.75) is 53.4 Å². The first-order chi connectivity index (χ1) is 6.09. The van der Waals surface area contributed by atoms with Gasteiger partial charge in [-0.25, -0.2) is 0 Å². The van der Waals surface area contributed by atoms with Gasteiger partial charge in [0.2, 0.25) is 0 Å². The molecule has 2 saturated carbocycles. The molecule has 0 aromatic rings. The van der Waals surface area contributed by atoms with Gasteiger partial charge in [0.25, 0.3) is 0 Å². The van der Waals surface area contributed by atoms with Crippen LogP contribution < -0.4 is 0 Å². The summed E-state index contributed by atoms with van der Waals surface area (Å²) in [7, 11) is 0. The summed E-state index contributed by atoms with van der Waals surface area (Å²) < 4.78 is 0. The molecule has 2 unspecified atom stereocenters. The average Bonchev–Trinajstić information content (AvgIpc) is 2.60. The van der Waals surface area contributed by atoms with Gasteiger partial charge >= 0.3 is 0 Å². The molecular formula is C13H24. The van der Waals surface area contributed by atoms with Crippen LogP contribution in [-0.2, 0) is 0 Å². The molecule has 0 nitrogen and oxygen atoms in total. The third kappa shape index (κ3) is 1.25. The predicted molar refractivity (Wildman–Crippen MR) is 57.6 cm³/mol. The van der Waals surface area contributed by atoms with E-state index in [0.29, 0.717) is 0 Å². The van der Waals surface area contributed by atoms with Gasteiger partial charge in [-0.05, 0) is 48.3 Å². The lowest BCUT2D eigenvalue weighted by Crippen LogP contribution is -2.30. The van der Waals surface area contributed by atoms with Crippen molar-refractivity contribution in [3.63, 3.8) is 0 Å². The van der Waals surface area contributed by atoms with Crippen molar-refractivity contribution >= 4 is 0 Å². The summed E-state index contributed by atoms with van der Waals surface area (Å²) in [5.41, 5.74) is 0.784. The standard InChI is InChI=1S/C13H24/c1-9(2)12-8-13(12,10(3)4)11-6-5-7-11/h9-12H,5-8H2,1-4H3. The lowest BCUT2D eigenvalue weighted by molar-refractivity contribution is 0.110. The molecule has 0 radical (unpaired) electrons. The van der Waals surface area contributed by atoms with Crippen molar-refractivity contribution in [1.82, 2.24) is 0 Å². The third-order valence-corrected chi connectivity index (χ3v) is 4.85. The third-order valence-electron chi connectivity index (χ3n) is 4.85. The zero-order valence-electron chi connectivity index (χ0n) is 9.64. The molecule has 0 heterocycles. The smallest absolute Gasteiger partial charge is 0.0212 e. The van der Waals surface area contributed by atoms with E-state index in [1.54, 1.807) is 0 Å². The summed E-state index contributed by atoms with van der Waals surface area (Å²) in [5.74, 6) is 3.99. The Balaban J connectivity index is 2.07. The van der Waals surface area contributed by atoms with Crippen LogP contribution in [0.15, 0.2) is 0 Å². The van der Waals surface area contributed by atoms with E-state index in [-0.39, 0.29) is 0 Å². The maximum Gasteiger partial charge on any atom is -0.0212 e. The second-order valence-corrected chi connectivity index (χ2v) is 5.95. The monoisotopic (exact) mass is 180 g/mol. The molecule has 0 aromatic heterocycles. The van der Waals surface area contributed by atoms with Gasteiger partial charge in [0.05, 0.1) is 0 Å². The van der Waals surface area contributed by atoms with Crippen molar-refractivity contribution in [3.05, 3.63) is 0 Å². The van der Waals surface area contributed by atoms with Gasteiger partial charge in [-0.15, -0.1) is 0 Å². The Hall–Kier alpha value is 0. The minimum Gasteiger partial charge on any atom is -0.0625 e. The molecule has 13 heavy (non-hydrogen) atoms. The Morgan fingerprint density at radius 1 is 1.08 bits per heavy atom. The Morgan fingerprint density at radius 3 is 1.92 bits per heavy atom. The van der Waals surface area contributed by atoms with Gasteiger partial charge < -0.3 is 0 Å². The van der Waals surface area contributed by atoms with E-state index in [4.69, 9.17) is 0 Å². The van der Waals surface area contributed by atoms with Crippen LogP contribution in [0.2, 0.25) is 0 Å². The zero-order valence-corrected chi connectivity index (χ0v) is 9.64. The zero-order chi connectivity index (χ0) is 9.64. The van der Waals surface area contributed by atoms with Crippen molar-refractivity contribution in [1.29, 1.82) is 0 Å². The van der Waals surface area contributed by atoms with Crippen molar-refractivity contribution in [2.24, 2.45) is 29.1 Å². The highest BCUT2D eigenvalue weighted by Crippen LogP contribution is 2.69. The second kappa shape index (κ2) is 3.00. The molecule has 0 aromatic carbocycles. The molecule has 76 valence electrons. The van der Waals surface area contributed by atoms with Crippen LogP contribution in [0.25, 0.3) is 0 Å². The minimum atomic E-state index is 0.784. The number of rotatable bonds is 3. The van der Waals surface area contributed by atoms with Gasteiger partial charge in [-0.2, -0.15) is 0 Å². The van der Waals surface area contributed by atoms with Crippen LogP contribution in [-0.4, -0.2) is 0 Å². The fourth-order valence-corrected chi connectivity index (χ4v) is 3.73. The van der Waals surface area contributed by atoms with E-state index in [9.17, 15) is 0 Å². The van der Waals surface area contributed by atoms with Crippen LogP contribution in [0.4, 0.5) is 0 Å². The second-order valence-electron chi connectivity index (χ2n) is 5.95. The quantitative estimate of drug-likeness (QED) is 0.613. The number of hydrogen-bond acceptors (Lipinski definition) is 0. The Kier molecular flexibility index (Phi) is 2.20. The molecule has 2 aliphatic rings. The van der Waals surface area contributed by atoms with Gasteiger partial charge in [0.1, 0.15) is 0 Å². The molecule has 0 bridgehead atoms. The van der Waals surface area contributed by atoms with Crippen LogP contribution in [0, 0.1) is 29.1 Å². The van der Waals surface area contributed by atoms with Gasteiger partial charge in [-0.1, -0.05) is 34.1 Å². The predicted octanol–water partition coefficient (Wildman–Crippen LogP) is 4.10. The molecule has 2 rings (SSSR count). The van der Waals surface area contributed by atoms with E-state index in [1.165, 1.54) is 25.7 Å². The maximum absolute atomic E-state index is 2.45. The first-order valence-electron chi connectivity index (χ1n) is 6.09. The molecule has 0 saturated heterocycles. The fourth-order valence-electron chi connectivity index (χ4n) is 3.73. The normalized spacial score (nSPS) is 39.7. The van der Waals surface area contributed by atoms with E-state index >= 15 is 0 Å². The Labute approximate surface area is 83.1 Å². The van der Waals surface area contributed by atoms with Gasteiger partial charge in [0.15, 0.2) is 0 Å². The number of hydrogen-bond donors (Lipinski definition) is 0. The van der Waals surface area contributed by atoms with Crippen LogP contribution >= 0.6 is 0 Å². The molecule has 0 N–H and O–H groups in total. The molecule has 2 fully saturated rings. The fraction of sp³-hybridized carbons (Fsp3) is 1.00. The van der Waals surface area contributed by atoms with Crippen molar-refractivity contribution in [2.75, 3.05) is 0 Å². The van der Waals surface area contributed by atoms with E-state index in [1.807, 2.05) is 0 Å². The Morgan fingerprint density at radius 2 is 1.69 bits per heavy atom. The SMILES string of the molecule is CC(C)C1CC1(C(C)C)C1CCC1. The highest BCUT2D eigenvalue weighted by atomic mass is 14.7. The topological polar surface area (TPSA) is 0 Å². The maximum atomic E-state index is 2.45. The van der Waals surface area contributed by atoms with Crippen LogP contribution in [0.1, 0.15) is 53.4 Å². The van der Waals surface area contributed by atoms with E-state index < -0.39 is 0 Å². The lowest BCUT2D eigenvalue weighted by Gasteiger charge is -2.38. The molecule has 0 aliphatic heterocycles. The van der Waals surface area contributed by atoms with E-state index in [0.717, 1.165) is 29.1 Å². The molecule has 2 atom stereocenters. The molecule has 0 spiro atoms. The van der Waals surface area contributed by atoms with Crippen molar-refractivity contribution in [3.8, 4) is 0 Å². The first kappa shape index (κ1) is 9.55. The highest BCUT2D eigenvalue weighted by Gasteiger charge is 2.61. The summed E-state index contributed by atoms with van der Waals surface area (Å²) in [6.07, 6.45) is 6.10. The van der Waals surface area contributed by atoms with Crippen molar-refractivity contribution < 1.29 is 0 Å². The van der Waals surface area contributed by atoms with Crippen LogP contribution in [0.3, 0.4) is 0 Å². The summed E-state index contributed by atoms with van der Waals surface area (Å²) in [4.78, 5) is 0. The largest absolute Gasteiger partial charge is 0.0625 e. The molecular weight excluding hydrogens is 156 g/mol. The highest BCUT2D eigenvalue weighted by molar-refractivity contribution is 5.10. The summed E-state index contributed by atoms with van der Waals surface area (Å²) in [6, 6.07) is 0. The molecule has 0 heteroatoms. The molecule has 0 amide bonds. The van der Waals surface area contributed by atoms with Crippen LogP contribution in [0.5, 0.6) is 0 Å². The average molecular weight is 180 g/mol. The molecule has 2 aliphatic carbocycles.